The molecule has 0 saturated carbocycles. The van der Waals surface area contributed by atoms with Crippen molar-refractivity contribution in [3.63, 3.8) is 0 Å². The van der Waals surface area contributed by atoms with E-state index >= 15 is 0 Å². The van der Waals surface area contributed by atoms with Crippen molar-refractivity contribution in [1.29, 1.82) is 0 Å². The summed E-state index contributed by atoms with van der Waals surface area (Å²) in [5.74, 6) is -0.334. The first-order chi connectivity index (χ1) is 12.5. The van der Waals surface area contributed by atoms with Crippen molar-refractivity contribution < 1.29 is 14.1 Å². The Morgan fingerprint density at radius 3 is 2.62 bits per heavy atom. The summed E-state index contributed by atoms with van der Waals surface area (Å²) >= 11 is 0. The van der Waals surface area contributed by atoms with Crippen LogP contribution >= 0.6 is 0 Å². The summed E-state index contributed by atoms with van der Waals surface area (Å²) in [6.45, 7) is 0. The molecule has 0 saturated heterocycles. The van der Waals surface area contributed by atoms with E-state index < -0.39 is 22.7 Å². The van der Waals surface area contributed by atoms with Crippen molar-refractivity contribution in [1.82, 2.24) is 14.9 Å². The highest BCUT2D eigenvalue weighted by Crippen LogP contribution is 2.22. The molecular weight excluding hydrogens is 339 g/mol. The average molecular weight is 354 g/mol. The van der Waals surface area contributed by atoms with Crippen molar-refractivity contribution in [2.24, 2.45) is 7.05 Å². The van der Waals surface area contributed by atoms with E-state index in [-0.39, 0.29) is 11.3 Å². The van der Waals surface area contributed by atoms with Crippen molar-refractivity contribution >= 4 is 11.6 Å². The normalized spacial score (nSPS) is 11.8. The Morgan fingerprint density at radius 1 is 1.27 bits per heavy atom. The number of aryl methyl sites for hydroxylation is 1. The zero-order valence-electron chi connectivity index (χ0n) is 13.8. The molecule has 7 nitrogen and oxygen atoms in total. The number of nitrogens with one attached hydrogen (secondary N) is 1. The third-order valence-electron chi connectivity index (χ3n) is 3.91. The molecule has 0 aliphatic carbocycles. The average Bonchev–Trinajstić information content (AvgIpc) is 3.06. The number of benzene rings is 2. The topological polar surface area (TPSA) is 90.1 Å². The van der Waals surface area contributed by atoms with E-state index in [9.17, 15) is 19.3 Å². The van der Waals surface area contributed by atoms with Gasteiger partial charge in [-0.1, -0.05) is 18.2 Å². The minimum Gasteiger partial charge on any atom is -0.338 e. The first-order valence-corrected chi connectivity index (χ1v) is 7.73. The fraction of sp³-hybridized carbons (Fsp3) is 0.111. The van der Waals surface area contributed by atoms with Crippen LogP contribution in [0.5, 0.6) is 0 Å². The van der Waals surface area contributed by atoms with Gasteiger partial charge in [0.15, 0.2) is 0 Å². The Kier molecular flexibility index (Phi) is 4.74. The number of rotatable bonds is 5. The van der Waals surface area contributed by atoms with Gasteiger partial charge in [0.2, 0.25) is 0 Å². The molecule has 0 bridgehead atoms. The van der Waals surface area contributed by atoms with Crippen molar-refractivity contribution in [3.05, 3.63) is 93.8 Å². The van der Waals surface area contributed by atoms with Crippen LogP contribution in [0.2, 0.25) is 0 Å². The standard InChI is InChI=1S/C18H15FN4O3/c1-22-10-9-20-17(22)16(12-5-7-14(19)8-6-12)21-18(24)13-3-2-4-15(11-13)23(25)26/h2-11,16H,1H3,(H,21,24). The zero-order valence-corrected chi connectivity index (χ0v) is 13.8. The predicted molar refractivity (Wildman–Crippen MR) is 92.0 cm³/mol. The van der Waals surface area contributed by atoms with Gasteiger partial charge in [-0.05, 0) is 23.8 Å². The highest BCUT2D eigenvalue weighted by molar-refractivity contribution is 5.95. The van der Waals surface area contributed by atoms with Gasteiger partial charge in [-0.2, -0.15) is 0 Å². The molecule has 2 aromatic carbocycles. The Bertz CT molecular complexity index is 953. The highest BCUT2D eigenvalue weighted by Gasteiger charge is 2.22. The summed E-state index contributed by atoms with van der Waals surface area (Å²) in [5, 5.41) is 13.7. The molecular formula is C18H15FN4O3. The SMILES string of the molecule is Cn1ccnc1C(NC(=O)c1cccc([N+](=O)[O-])c1)c1ccc(F)cc1. The molecule has 26 heavy (non-hydrogen) atoms. The van der Waals surface area contributed by atoms with Crippen LogP contribution in [0.3, 0.4) is 0 Å². The number of hydrogen-bond acceptors (Lipinski definition) is 4. The summed E-state index contributed by atoms with van der Waals surface area (Å²) in [6, 6.07) is 10.5. The summed E-state index contributed by atoms with van der Waals surface area (Å²) in [7, 11) is 1.78. The maximum Gasteiger partial charge on any atom is 0.270 e. The minimum atomic E-state index is -0.637. The predicted octanol–water partition coefficient (Wildman–Crippen LogP) is 2.99. The molecule has 1 aromatic heterocycles. The van der Waals surface area contributed by atoms with Gasteiger partial charge in [0.1, 0.15) is 17.7 Å². The fourth-order valence-corrected chi connectivity index (χ4v) is 2.58. The van der Waals surface area contributed by atoms with Gasteiger partial charge in [-0.15, -0.1) is 0 Å². The van der Waals surface area contributed by atoms with Gasteiger partial charge < -0.3 is 9.88 Å². The molecule has 3 rings (SSSR count). The van der Waals surface area contributed by atoms with E-state index in [0.717, 1.165) is 0 Å². The van der Waals surface area contributed by atoms with Gasteiger partial charge in [-0.25, -0.2) is 9.37 Å². The number of non-ortho nitro benzene ring substituents is 1. The number of amides is 1. The largest absolute Gasteiger partial charge is 0.338 e. The number of hydrogen-bond donors (Lipinski definition) is 1. The van der Waals surface area contributed by atoms with E-state index in [1.807, 2.05) is 0 Å². The quantitative estimate of drug-likeness (QED) is 0.563. The molecule has 1 unspecified atom stereocenters. The molecule has 0 radical (unpaired) electrons. The zero-order chi connectivity index (χ0) is 18.7. The van der Waals surface area contributed by atoms with Crippen molar-refractivity contribution in [2.75, 3.05) is 0 Å². The molecule has 0 fully saturated rings. The molecule has 0 aliphatic heterocycles. The molecule has 3 aromatic rings. The monoisotopic (exact) mass is 354 g/mol. The van der Waals surface area contributed by atoms with E-state index in [0.29, 0.717) is 11.4 Å². The number of halogens is 1. The van der Waals surface area contributed by atoms with Crippen LogP contribution in [-0.2, 0) is 7.05 Å². The third-order valence-corrected chi connectivity index (χ3v) is 3.91. The van der Waals surface area contributed by atoms with Crippen molar-refractivity contribution in [2.45, 2.75) is 6.04 Å². The maximum absolute atomic E-state index is 13.2. The second-order valence-electron chi connectivity index (χ2n) is 5.66. The lowest BCUT2D eigenvalue weighted by atomic mass is 10.0. The number of carbonyl (C=O) groups is 1. The van der Waals surface area contributed by atoms with Gasteiger partial charge >= 0.3 is 0 Å². The van der Waals surface area contributed by atoms with Gasteiger partial charge in [0.05, 0.1) is 4.92 Å². The van der Waals surface area contributed by atoms with Crippen LogP contribution in [0.25, 0.3) is 0 Å². The highest BCUT2D eigenvalue weighted by atomic mass is 19.1. The Morgan fingerprint density at radius 2 is 2.00 bits per heavy atom. The Hall–Kier alpha value is -3.55. The summed E-state index contributed by atoms with van der Waals surface area (Å²) in [5.41, 5.74) is 0.618. The van der Waals surface area contributed by atoms with E-state index in [1.165, 1.54) is 36.4 Å². The van der Waals surface area contributed by atoms with Crippen LogP contribution in [0, 0.1) is 15.9 Å². The number of carbonyl (C=O) groups excluding carboxylic acids is 1. The molecule has 1 atom stereocenters. The smallest absolute Gasteiger partial charge is 0.270 e. The Labute approximate surface area is 148 Å². The summed E-state index contributed by atoms with van der Waals surface area (Å²) in [6.07, 6.45) is 3.32. The molecule has 0 spiro atoms. The van der Waals surface area contributed by atoms with Crippen LogP contribution in [-0.4, -0.2) is 20.4 Å². The number of nitro benzene ring substituents is 1. The Balaban J connectivity index is 1.94. The lowest BCUT2D eigenvalue weighted by Gasteiger charge is -2.19. The van der Waals surface area contributed by atoms with E-state index in [1.54, 1.807) is 36.1 Å². The number of nitro groups is 1. The molecule has 1 heterocycles. The van der Waals surface area contributed by atoms with Crippen LogP contribution in [0.4, 0.5) is 10.1 Å². The fourth-order valence-electron chi connectivity index (χ4n) is 2.58. The van der Waals surface area contributed by atoms with Gasteiger partial charge in [0.25, 0.3) is 11.6 Å². The number of nitrogens with zero attached hydrogens (tertiary/aromatic N) is 3. The van der Waals surface area contributed by atoms with Crippen LogP contribution < -0.4 is 5.32 Å². The van der Waals surface area contributed by atoms with Gasteiger partial charge in [0, 0.05) is 37.1 Å². The summed E-state index contributed by atoms with van der Waals surface area (Å²) in [4.78, 5) is 27.2. The molecule has 0 aliphatic rings. The van der Waals surface area contributed by atoms with Gasteiger partial charge in [-0.3, -0.25) is 14.9 Å². The van der Waals surface area contributed by atoms with E-state index in [2.05, 4.69) is 10.3 Å². The lowest BCUT2D eigenvalue weighted by Crippen LogP contribution is -2.31. The van der Waals surface area contributed by atoms with Crippen LogP contribution in [0.1, 0.15) is 27.8 Å². The van der Waals surface area contributed by atoms with Crippen LogP contribution in [0.15, 0.2) is 60.9 Å². The molecule has 132 valence electrons. The molecule has 1 N–H and O–H groups in total. The maximum atomic E-state index is 13.2. The first kappa shape index (κ1) is 17.3. The lowest BCUT2D eigenvalue weighted by molar-refractivity contribution is -0.384. The van der Waals surface area contributed by atoms with Crippen molar-refractivity contribution in [3.8, 4) is 0 Å². The third kappa shape index (κ3) is 3.59. The minimum absolute atomic E-state index is 0.153. The van der Waals surface area contributed by atoms with E-state index in [4.69, 9.17) is 0 Å². The molecule has 8 heteroatoms. The first-order valence-electron chi connectivity index (χ1n) is 7.73. The second kappa shape index (κ2) is 7.14. The summed E-state index contributed by atoms with van der Waals surface area (Å²) < 4.78 is 15.0. The second-order valence-corrected chi connectivity index (χ2v) is 5.66. The molecule has 1 amide bonds. The number of imidazole rings is 1. The number of aromatic nitrogens is 2.